The Kier molecular flexibility index (Phi) is 7.01. The van der Waals surface area contributed by atoms with Crippen LogP contribution in [-0.4, -0.2) is 36.3 Å². The molecule has 0 radical (unpaired) electrons. The Morgan fingerprint density at radius 3 is 2.00 bits per heavy atom. The SMILES string of the molecule is ClCCN(CCCl)CCC1CCCC1. The maximum Gasteiger partial charge on any atom is 0.0351 e. The summed E-state index contributed by atoms with van der Waals surface area (Å²) in [6.07, 6.45) is 7.10. The largest absolute Gasteiger partial charge is 0.301 e. The van der Waals surface area contributed by atoms with E-state index in [4.69, 9.17) is 23.2 Å². The lowest BCUT2D eigenvalue weighted by molar-refractivity contribution is 0.279. The monoisotopic (exact) mass is 237 g/mol. The van der Waals surface area contributed by atoms with Crippen molar-refractivity contribution in [2.75, 3.05) is 31.4 Å². The van der Waals surface area contributed by atoms with Crippen LogP contribution in [0.15, 0.2) is 0 Å². The molecule has 0 atom stereocenters. The third-order valence-electron chi connectivity index (χ3n) is 3.13. The van der Waals surface area contributed by atoms with Crippen LogP contribution in [0.2, 0.25) is 0 Å². The van der Waals surface area contributed by atoms with Gasteiger partial charge in [-0.1, -0.05) is 25.7 Å². The summed E-state index contributed by atoms with van der Waals surface area (Å²) in [6.45, 7) is 3.16. The Bertz CT molecular complexity index is 129. The minimum Gasteiger partial charge on any atom is -0.301 e. The number of hydrogen-bond acceptors (Lipinski definition) is 1. The van der Waals surface area contributed by atoms with Crippen molar-refractivity contribution in [2.45, 2.75) is 32.1 Å². The average Bonchev–Trinajstić information content (AvgIpc) is 2.67. The molecule has 0 N–H and O–H groups in total. The number of halogens is 2. The van der Waals surface area contributed by atoms with E-state index in [1.54, 1.807) is 0 Å². The molecule has 0 unspecified atom stereocenters. The Labute approximate surface area is 97.7 Å². The first-order valence-electron chi connectivity index (χ1n) is 5.71. The van der Waals surface area contributed by atoms with E-state index in [1.807, 2.05) is 0 Å². The summed E-state index contributed by atoms with van der Waals surface area (Å²) in [7, 11) is 0. The first-order chi connectivity index (χ1) is 6.86. The lowest BCUT2D eigenvalue weighted by Crippen LogP contribution is -2.29. The maximum absolute atomic E-state index is 5.74. The fourth-order valence-electron chi connectivity index (χ4n) is 2.24. The maximum atomic E-state index is 5.74. The quantitative estimate of drug-likeness (QED) is 0.615. The molecule has 14 heavy (non-hydrogen) atoms. The van der Waals surface area contributed by atoms with Gasteiger partial charge >= 0.3 is 0 Å². The van der Waals surface area contributed by atoms with Crippen LogP contribution in [0.25, 0.3) is 0 Å². The van der Waals surface area contributed by atoms with E-state index in [2.05, 4.69) is 4.90 Å². The summed E-state index contributed by atoms with van der Waals surface area (Å²) in [5.74, 6) is 2.42. The van der Waals surface area contributed by atoms with E-state index < -0.39 is 0 Å². The van der Waals surface area contributed by atoms with Gasteiger partial charge in [-0.25, -0.2) is 0 Å². The molecule has 0 aromatic carbocycles. The molecule has 0 aliphatic heterocycles. The Hall–Kier alpha value is 0.540. The van der Waals surface area contributed by atoms with Gasteiger partial charge in [-0.3, -0.25) is 0 Å². The summed E-state index contributed by atoms with van der Waals surface area (Å²) >= 11 is 11.5. The van der Waals surface area contributed by atoms with Crippen LogP contribution < -0.4 is 0 Å². The topological polar surface area (TPSA) is 3.24 Å². The Morgan fingerprint density at radius 1 is 0.929 bits per heavy atom. The normalized spacial score (nSPS) is 18.2. The van der Waals surface area contributed by atoms with Crippen LogP contribution in [-0.2, 0) is 0 Å². The number of alkyl halides is 2. The van der Waals surface area contributed by atoms with Crippen molar-refractivity contribution < 1.29 is 0 Å². The summed E-state index contributed by atoms with van der Waals surface area (Å²) in [4.78, 5) is 2.39. The Balaban J connectivity index is 2.10. The van der Waals surface area contributed by atoms with Gasteiger partial charge in [-0.2, -0.15) is 0 Å². The molecule has 84 valence electrons. The van der Waals surface area contributed by atoms with Gasteiger partial charge in [0.25, 0.3) is 0 Å². The molecule has 0 heterocycles. The van der Waals surface area contributed by atoms with Crippen LogP contribution in [0.1, 0.15) is 32.1 Å². The van der Waals surface area contributed by atoms with Gasteiger partial charge in [-0.15, -0.1) is 23.2 Å². The standard InChI is InChI=1S/C11H21Cl2N/c12-6-9-14(10-7-13)8-5-11-3-1-2-4-11/h11H,1-10H2. The molecule has 1 fully saturated rings. The smallest absolute Gasteiger partial charge is 0.0351 e. The fourth-order valence-corrected chi connectivity index (χ4v) is 2.72. The predicted molar refractivity (Wildman–Crippen MR) is 64.5 cm³/mol. The van der Waals surface area contributed by atoms with E-state index in [9.17, 15) is 0 Å². The van der Waals surface area contributed by atoms with Gasteiger partial charge in [-0.05, 0) is 18.9 Å². The third-order valence-corrected chi connectivity index (χ3v) is 3.47. The van der Waals surface area contributed by atoms with Gasteiger partial charge < -0.3 is 4.90 Å². The molecule has 0 bridgehead atoms. The van der Waals surface area contributed by atoms with Gasteiger partial charge in [0.2, 0.25) is 0 Å². The highest BCUT2D eigenvalue weighted by molar-refractivity contribution is 6.18. The lowest BCUT2D eigenvalue weighted by atomic mass is 10.0. The second-order valence-electron chi connectivity index (χ2n) is 4.16. The van der Waals surface area contributed by atoms with Crippen molar-refractivity contribution in [1.82, 2.24) is 4.90 Å². The van der Waals surface area contributed by atoms with Crippen LogP contribution in [0.4, 0.5) is 0 Å². The van der Waals surface area contributed by atoms with Crippen molar-refractivity contribution in [3.63, 3.8) is 0 Å². The fraction of sp³-hybridized carbons (Fsp3) is 1.00. The molecule has 0 aromatic heterocycles. The van der Waals surface area contributed by atoms with Crippen molar-refractivity contribution >= 4 is 23.2 Å². The van der Waals surface area contributed by atoms with Gasteiger partial charge in [0.05, 0.1) is 0 Å². The van der Waals surface area contributed by atoms with Crippen molar-refractivity contribution in [3.8, 4) is 0 Å². The number of nitrogens with zero attached hydrogens (tertiary/aromatic N) is 1. The zero-order valence-electron chi connectivity index (χ0n) is 8.85. The van der Waals surface area contributed by atoms with Crippen molar-refractivity contribution in [1.29, 1.82) is 0 Å². The molecule has 1 saturated carbocycles. The van der Waals surface area contributed by atoms with Crippen LogP contribution in [0, 0.1) is 5.92 Å². The molecule has 0 spiro atoms. The number of hydrogen-bond donors (Lipinski definition) is 0. The van der Waals surface area contributed by atoms with Crippen LogP contribution in [0.3, 0.4) is 0 Å². The molecule has 0 saturated heterocycles. The molecule has 1 rings (SSSR count). The second-order valence-corrected chi connectivity index (χ2v) is 4.91. The van der Waals surface area contributed by atoms with E-state index >= 15 is 0 Å². The zero-order chi connectivity index (χ0) is 10.2. The van der Waals surface area contributed by atoms with E-state index in [-0.39, 0.29) is 0 Å². The molecular formula is C11H21Cl2N. The highest BCUT2D eigenvalue weighted by Gasteiger charge is 2.15. The summed E-state index contributed by atoms with van der Waals surface area (Å²) in [5.41, 5.74) is 0. The molecule has 3 heteroatoms. The minimum absolute atomic E-state index is 0.724. The highest BCUT2D eigenvalue weighted by Crippen LogP contribution is 2.27. The molecule has 1 nitrogen and oxygen atoms in total. The average molecular weight is 238 g/mol. The molecule has 1 aliphatic carbocycles. The van der Waals surface area contributed by atoms with Crippen LogP contribution in [0.5, 0.6) is 0 Å². The minimum atomic E-state index is 0.724. The predicted octanol–water partition coefficient (Wildman–Crippen LogP) is 3.35. The molecular weight excluding hydrogens is 217 g/mol. The first-order valence-corrected chi connectivity index (χ1v) is 6.78. The van der Waals surface area contributed by atoms with E-state index in [0.717, 1.165) is 30.8 Å². The summed E-state index contributed by atoms with van der Waals surface area (Å²) in [6, 6.07) is 0. The summed E-state index contributed by atoms with van der Waals surface area (Å²) in [5, 5.41) is 0. The van der Waals surface area contributed by atoms with Gasteiger partial charge in [0.15, 0.2) is 0 Å². The Morgan fingerprint density at radius 2 is 1.50 bits per heavy atom. The van der Waals surface area contributed by atoms with Gasteiger partial charge in [0, 0.05) is 24.8 Å². The van der Waals surface area contributed by atoms with E-state index in [1.165, 1.54) is 38.6 Å². The van der Waals surface area contributed by atoms with Crippen molar-refractivity contribution in [3.05, 3.63) is 0 Å². The highest BCUT2D eigenvalue weighted by atomic mass is 35.5. The second kappa shape index (κ2) is 7.78. The molecule has 0 aromatic rings. The van der Waals surface area contributed by atoms with Crippen LogP contribution >= 0.6 is 23.2 Å². The summed E-state index contributed by atoms with van der Waals surface area (Å²) < 4.78 is 0. The first kappa shape index (κ1) is 12.6. The molecule has 0 amide bonds. The molecule has 1 aliphatic rings. The van der Waals surface area contributed by atoms with Crippen molar-refractivity contribution in [2.24, 2.45) is 5.92 Å². The van der Waals surface area contributed by atoms with E-state index in [0.29, 0.717) is 0 Å². The van der Waals surface area contributed by atoms with Gasteiger partial charge in [0.1, 0.15) is 0 Å². The lowest BCUT2D eigenvalue weighted by Gasteiger charge is -2.21. The third kappa shape index (κ3) is 4.86. The zero-order valence-corrected chi connectivity index (χ0v) is 10.4. The number of rotatable bonds is 7.